The van der Waals surface area contributed by atoms with Gasteiger partial charge in [-0.05, 0) is 30.7 Å². The van der Waals surface area contributed by atoms with E-state index in [4.69, 9.17) is 4.74 Å². The number of benzene rings is 1. The van der Waals surface area contributed by atoms with Crippen molar-refractivity contribution >= 4 is 17.5 Å². The number of alkyl halides is 3. The van der Waals surface area contributed by atoms with Crippen LogP contribution in [0.15, 0.2) is 36.4 Å². The molecule has 1 aromatic carbocycles. The number of rotatable bonds is 3. The highest BCUT2D eigenvalue weighted by molar-refractivity contribution is 5.95. The van der Waals surface area contributed by atoms with Crippen LogP contribution in [0.1, 0.15) is 34.7 Å². The summed E-state index contributed by atoms with van der Waals surface area (Å²) in [5, 5.41) is 15.8. The number of amides is 1. The average Bonchev–Trinajstić information content (AvgIpc) is 3.15. The number of hydrogen-bond acceptors (Lipinski definition) is 6. The van der Waals surface area contributed by atoms with E-state index in [0.717, 1.165) is 6.07 Å². The minimum atomic E-state index is -4.53. The fourth-order valence-electron chi connectivity index (χ4n) is 4.43. The summed E-state index contributed by atoms with van der Waals surface area (Å²) in [6.45, 7) is 4.36. The first-order valence-corrected chi connectivity index (χ1v) is 10.5. The summed E-state index contributed by atoms with van der Waals surface area (Å²) in [4.78, 5) is 14.6. The second-order valence-corrected chi connectivity index (χ2v) is 8.00. The van der Waals surface area contributed by atoms with Gasteiger partial charge >= 0.3 is 6.18 Å². The van der Waals surface area contributed by atoms with E-state index in [9.17, 15) is 18.0 Å². The van der Waals surface area contributed by atoms with Crippen LogP contribution in [0.25, 0.3) is 5.82 Å². The standard InChI is InChI=1S/C22H21F3N6O2/c1-13-20-15(14-4-2-3-5-16(14)22(23,24)25)12-19(32)26-21(20)31(29-13)18-7-6-17(27-28-18)30-8-10-33-11-9-30/h2-7,15H,8-12H2,1H3,(H,26,32). The van der Waals surface area contributed by atoms with Gasteiger partial charge in [0.15, 0.2) is 11.6 Å². The molecule has 4 heterocycles. The fourth-order valence-corrected chi connectivity index (χ4v) is 4.43. The Hall–Kier alpha value is -3.47. The predicted octanol–water partition coefficient (Wildman–Crippen LogP) is 3.30. The van der Waals surface area contributed by atoms with Gasteiger partial charge in [0, 0.05) is 31.0 Å². The molecule has 2 aliphatic heterocycles. The molecule has 3 aromatic rings. The Morgan fingerprint density at radius 1 is 1.06 bits per heavy atom. The van der Waals surface area contributed by atoms with Gasteiger partial charge in [0.2, 0.25) is 5.91 Å². The SMILES string of the molecule is Cc1nn(-c2ccc(N3CCOCC3)nn2)c2c1C(c1ccccc1C(F)(F)F)CC(=O)N2. The smallest absolute Gasteiger partial charge is 0.378 e. The molecule has 5 rings (SSSR count). The van der Waals surface area contributed by atoms with Crippen LogP contribution in [0, 0.1) is 6.92 Å². The number of carbonyl (C=O) groups excluding carboxylic acids is 1. The number of morpholine rings is 1. The van der Waals surface area contributed by atoms with Gasteiger partial charge in [0.25, 0.3) is 0 Å². The highest BCUT2D eigenvalue weighted by Crippen LogP contribution is 2.44. The van der Waals surface area contributed by atoms with Crippen LogP contribution in [-0.2, 0) is 15.7 Å². The van der Waals surface area contributed by atoms with Crippen LogP contribution < -0.4 is 10.2 Å². The molecule has 11 heteroatoms. The van der Waals surface area contributed by atoms with E-state index in [1.54, 1.807) is 25.1 Å². The minimum Gasteiger partial charge on any atom is -0.378 e. The van der Waals surface area contributed by atoms with Crippen LogP contribution in [0.3, 0.4) is 0 Å². The van der Waals surface area contributed by atoms with Crippen LogP contribution in [-0.4, -0.2) is 52.2 Å². The van der Waals surface area contributed by atoms with Gasteiger partial charge in [-0.1, -0.05) is 18.2 Å². The molecule has 1 atom stereocenters. The van der Waals surface area contributed by atoms with Crippen molar-refractivity contribution in [2.75, 3.05) is 36.5 Å². The maximum atomic E-state index is 13.7. The molecule has 1 amide bonds. The van der Waals surface area contributed by atoms with Crippen molar-refractivity contribution in [2.24, 2.45) is 0 Å². The molecule has 8 nitrogen and oxygen atoms in total. The highest BCUT2D eigenvalue weighted by Gasteiger charge is 2.39. The number of halogens is 3. The lowest BCUT2D eigenvalue weighted by atomic mass is 9.83. The molecule has 1 fully saturated rings. The number of ether oxygens (including phenoxy) is 1. The summed E-state index contributed by atoms with van der Waals surface area (Å²) in [5.41, 5.74) is 0.367. The topological polar surface area (TPSA) is 85.2 Å². The van der Waals surface area contributed by atoms with E-state index in [1.807, 2.05) is 0 Å². The van der Waals surface area contributed by atoms with E-state index in [2.05, 4.69) is 25.5 Å². The number of aromatic nitrogens is 4. The summed E-state index contributed by atoms with van der Waals surface area (Å²) in [6.07, 6.45) is -4.64. The Labute approximate surface area is 187 Å². The van der Waals surface area contributed by atoms with Crippen LogP contribution in [0.5, 0.6) is 0 Å². The molecule has 0 aliphatic carbocycles. The molecule has 1 unspecified atom stereocenters. The zero-order chi connectivity index (χ0) is 23.2. The Morgan fingerprint density at radius 3 is 2.45 bits per heavy atom. The number of fused-ring (bicyclic) bond motifs is 1. The lowest BCUT2D eigenvalue weighted by Gasteiger charge is -2.27. The summed E-state index contributed by atoms with van der Waals surface area (Å²) in [6, 6.07) is 8.88. The van der Waals surface area contributed by atoms with Gasteiger partial charge in [0.1, 0.15) is 5.82 Å². The Bertz CT molecular complexity index is 1190. The third-order valence-corrected chi connectivity index (χ3v) is 5.93. The van der Waals surface area contributed by atoms with Crippen molar-refractivity contribution in [3.63, 3.8) is 0 Å². The summed E-state index contributed by atoms with van der Waals surface area (Å²) >= 11 is 0. The Balaban J connectivity index is 1.55. The van der Waals surface area contributed by atoms with Crippen molar-refractivity contribution in [1.29, 1.82) is 0 Å². The zero-order valence-corrected chi connectivity index (χ0v) is 17.8. The summed E-state index contributed by atoms with van der Waals surface area (Å²) < 4.78 is 47.8. The molecule has 0 saturated carbocycles. The average molecular weight is 458 g/mol. The van der Waals surface area contributed by atoms with Crippen LogP contribution in [0.4, 0.5) is 24.8 Å². The molecule has 2 aromatic heterocycles. The van der Waals surface area contributed by atoms with Crippen molar-refractivity contribution in [3.8, 4) is 5.82 Å². The third kappa shape index (κ3) is 3.92. The van der Waals surface area contributed by atoms with Crippen molar-refractivity contribution in [3.05, 3.63) is 58.8 Å². The molecule has 33 heavy (non-hydrogen) atoms. The highest BCUT2D eigenvalue weighted by atomic mass is 19.4. The maximum absolute atomic E-state index is 13.7. The quantitative estimate of drug-likeness (QED) is 0.648. The molecular formula is C22H21F3N6O2. The Morgan fingerprint density at radius 2 is 1.76 bits per heavy atom. The first-order valence-electron chi connectivity index (χ1n) is 10.5. The number of aryl methyl sites for hydroxylation is 1. The molecule has 0 spiro atoms. The number of nitrogens with zero attached hydrogens (tertiary/aromatic N) is 5. The predicted molar refractivity (Wildman–Crippen MR) is 113 cm³/mol. The maximum Gasteiger partial charge on any atom is 0.416 e. The number of hydrogen-bond donors (Lipinski definition) is 1. The third-order valence-electron chi connectivity index (χ3n) is 5.93. The van der Waals surface area contributed by atoms with E-state index >= 15 is 0 Å². The van der Waals surface area contributed by atoms with Gasteiger partial charge in [-0.15, -0.1) is 10.2 Å². The number of anilines is 2. The van der Waals surface area contributed by atoms with E-state index in [1.165, 1.54) is 16.8 Å². The summed E-state index contributed by atoms with van der Waals surface area (Å²) in [5.74, 6) is 0.214. The van der Waals surface area contributed by atoms with Gasteiger partial charge in [-0.25, -0.2) is 0 Å². The van der Waals surface area contributed by atoms with Crippen LogP contribution >= 0.6 is 0 Å². The van der Waals surface area contributed by atoms with Crippen molar-refractivity contribution in [1.82, 2.24) is 20.0 Å². The zero-order valence-electron chi connectivity index (χ0n) is 17.8. The monoisotopic (exact) mass is 458 g/mol. The second-order valence-electron chi connectivity index (χ2n) is 8.00. The first-order chi connectivity index (χ1) is 15.8. The summed E-state index contributed by atoms with van der Waals surface area (Å²) in [7, 11) is 0. The number of nitrogens with one attached hydrogen (secondary N) is 1. The number of carbonyl (C=O) groups is 1. The van der Waals surface area contributed by atoms with Gasteiger partial charge in [-0.3, -0.25) is 4.79 Å². The fraction of sp³-hybridized carbons (Fsp3) is 0.364. The molecule has 1 saturated heterocycles. The molecule has 0 radical (unpaired) electrons. The van der Waals surface area contributed by atoms with E-state index in [-0.39, 0.29) is 17.9 Å². The first kappa shape index (κ1) is 21.4. The normalized spacial score (nSPS) is 18.7. The lowest BCUT2D eigenvalue weighted by Crippen LogP contribution is -2.36. The van der Waals surface area contributed by atoms with E-state index in [0.29, 0.717) is 55.0 Å². The van der Waals surface area contributed by atoms with Gasteiger partial charge in [-0.2, -0.15) is 23.0 Å². The lowest BCUT2D eigenvalue weighted by molar-refractivity contribution is -0.138. The molecular weight excluding hydrogens is 437 g/mol. The van der Waals surface area contributed by atoms with Gasteiger partial charge in [0.05, 0.1) is 24.5 Å². The Kier molecular flexibility index (Phi) is 5.28. The largest absolute Gasteiger partial charge is 0.416 e. The van der Waals surface area contributed by atoms with Crippen LogP contribution in [0.2, 0.25) is 0 Å². The minimum absolute atomic E-state index is 0.0532. The molecule has 2 aliphatic rings. The molecule has 0 bridgehead atoms. The van der Waals surface area contributed by atoms with E-state index < -0.39 is 17.7 Å². The second kappa shape index (κ2) is 8.14. The van der Waals surface area contributed by atoms with Crippen molar-refractivity contribution in [2.45, 2.75) is 25.4 Å². The molecule has 172 valence electrons. The molecule has 1 N–H and O–H groups in total. The van der Waals surface area contributed by atoms with Crippen molar-refractivity contribution < 1.29 is 22.7 Å². The van der Waals surface area contributed by atoms with Gasteiger partial charge < -0.3 is 15.0 Å².